The van der Waals surface area contributed by atoms with Gasteiger partial charge in [-0.1, -0.05) is 19.1 Å². The van der Waals surface area contributed by atoms with Gasteiger partial charge in [-0.2, -0.15) is 0 Å². The second kappa shape index (κ2) is 8.96. The van der Waals surface area contributed by atoms with E-state index in [-0.39, 0.29) is 18.8 Å². The van der Waals surface area contributed by atoms with Crippen LogP contribution in [0.4, 0.5) is 5.69 Å². The lowest BCUT2D eigenvalue weighted by molar-refractivity contribution is 0.0975. The van der Waals surface area contributed by atoms with Gasteiger partial charge in [-0.05, 0) is 49.1 Å². The minimum Gasteiger partial charge on any atom is -0.454 e. The molecule has 1 unspecified atom stereocenters. The van der Waals surface area contributed by atoms with Crippen LogP contribution in [0.5, 0.6) is 11.5 Å². The molecule has 0 bridgehead atoms. The second-order valence-corrected chi connectivity index (χ2v) is 7.02. The SMILES string of the molecule is CCc1ccc(C(=O)NC(=NCC2CCCO2)Nc2ccc3c(c2)OCO3)cc1. The van der Waals surface area contributed by atoms with Gasteiger partial charge in [-0.15, -0.1) is 0 Å². The Morgan fingerprint density at radius 2 is 1.97 bits per heavy atom. The fourth-order valence-electron chi connectivity index (χ4n) is 3.27. The molecule has 0 radical (unpaired) electrons. The zero-order chi connectivity index (χ0) is 20.1. The van der Waals surface area contributed by atoms with Crippen LogP contribution in [0.3, 0.4) is 0 Å². The predicted octanol–water partition coefficient (Wildman–Crippen LogP) is 3.35. The van der Waals surface area contributed by atoms with Crippen LogP contribution < -0.4 is 20.1 Å². The Balaban J connectivity index is 1.49. The summed E-state index contributed by atoms with van der Waals surface area (Å²) in [5.41, 5.74) is 2.52. The molecule has 0 saturated carbocycles. The van der Waals surface area contributed by atoms with Gasteiger partial charge in [0.2, 0.25) is 12.8 Å². The molecule has 2 aliphatic rings. The first kappa shape index (κ1) is 19.3. The molecule has 2 aromatic carbocycles. The van der Waals surface area contributed by atoms with Gasteiger partial charge in [0.1, 0.15) is 0 Å². The van der Waals surface area contributed by atoms with Crippen molar-refractivity contribution in [1.82, 2.24) is 5.32 Å². The standard InChI is InChI=1S/C22H25N3O4/c1-2-15-5-7-16(8-6-15)21(26)25-22(23-13-18-4-3-11-27-18)24-17-9-10-19-20(12-17)29-14-28-19/h5-10,12,18H,2-4,11,13-14H2,1H3,(H2,23,24,25,26). The Hall–Kier alpha value is -3.06. The molecule has 0 aliphatic carbocycles. The molecule has 1 amide bonds. The maximum Gasteiger partial charge on any atom is 0.257 e. The summed E-state index contributed by atoms with van der Waals surface area (Å²) < 4.78 is 16.4. The number of rotatable bonds is 5. The van der Waals surface area contributed by atoms with E-state index in [1.807, 2.05) is 42.5 Å². The number of aryl methyl sites for hydroxylation is 1. The third kappa shape index (κ3) is 4.86. The largest absolute Gasteiger partial charge is 0.454 e. The molecule has 152 valence electrons. The first-order valence-electron chi connectivity index (χ1n) is 9.94. The molecule has 2 aliphatic heterocycles. The fraction of sp³-hybridized carbons (Fsp3) is 0.364. The van der Waals surface area contributed by atoms with Crippen LogP contribution in [0.2, 0.25) is 0 Å². The Labute approximate surface area is 170 Å². The van der Waals surface area contributed by atoms with Crippen molar-refractivity contribution in [3.63, 3.8) is 0 Å². The fourth-order valence-corrected chi connectivity index (χ4v) is 3.27. The first-order chi connectivity index (χ1) is 14.2. The molecular weight excluding hydrogens is 370 g/mol. The molecule has 2 N–H and O–H groups in total. The number of hydrogen-bond acceptors (Lipinski definition) is 5. The Morgan fingerprint density at radius 3 is 2.72 bits per heavy atom. The molecule has 7 heteroatoms. The molecule has 1 fully saturated rings. The van der Waals surface area contributed by atoms with Gasteiger partial charge in [0.25, 0.3) is 5.91 Å². The summed E-state index contributed by atoms with van der Waals surface area (Å²) >= 11 is 0. The highest BCUT2D eigenvalue weighted by Crippen LogP contribution is 2.34. The van der Waals surface area contributed by atoms with Crippen LogP contribution >= 0.6 is 0 Å². The second-order valence-electron chi connectivity index (χ2n) is 7.02. The van der Waals surface area contributed by atoms with Gasteiger partial charge in [0.05, 0.1) is 12.6 Å². The van der Waals surface area contributed by atoms with Crippen LogP contribution in [-0.4, -0.2) is 37.9 Å². The van der Waals surface area contributed by atoms with E-state index in [1.54, 1.807) is 0 Å². The van der Waals surface area contributed by atoms with E-state index >= 15 is 0 Å². The molecular formula is C22H25N3O4. The summed E-state index contributed by atoms with van der Waals surface area (Å²) in [6, 6.07) is 13.1. The van der Waals surface area contributed by atoms with E-state index in [9.17, 15) is 4.79 Å². The van der Waals surface area contributed by atoms with Crippen LogP contribution in [-0.2, 0) is 11.2 Å². The average Bonchev–Trinajstić information content (AvgIpc) is 3.43. The summed E-state index contributed by atoms with van der Waals surface area (Å²) in [4.78, 5) is 17.3. The number of nitrogens with zero attached hydrogens (tertiary/aromatic N) is 1. The Morgan fingerprint density at radius 1 is 1.14 bits per heavy atom. The summed E-state index contributed by atoms with van der Waals surface area (Å²) in [5, 5.41) is 6.07. The lowest BCUT2D eigenvalue weighted by Gasteiger charge is -2.14. The van der Waals surface area contributed by atoms with Crippen molar-refractivity contribution in [2.45, 2.75) is 32.3 Å². The summed E-state index contributed by atoms with van der Waals surface area (Å²) in [6.07, 6.45) is 3.04. The quantitative estimate of drug-likeness (QED) is 0.599. The van der Waals surface area contributed by atoms with E-state index in [0.29, 0.717) is 29.6 Å². The minimum atomic E-state index is -0.216. The van der Waals surface area contributed by atoms with Crippen molar-refractivity contribution >= 4 is 17.6 Å². The molecule has 1 atom stereocenters. The summed E-state index contributed by atoms with van der Waals surface area (Å²) in [7, 11) is 0. The lowest BCUT2D eigenvalue weighted by Crippen LogP contribution is -2.36. The third-order valence-corrected chi connectivity index (χ3v) is 4.97. The van der Waals surface area contributed by atoms with Crippen molar-refractivity contribution in [2.24, 2.45) is 4.99 Å². The van der Waals surface area contributed by atoms with Crippen LogP contribution in [0, 0.1) is 0 Å². The maximum atomic E-state index is 12.7. The topological polar surface area (TPSA) is 81.2 Å². The van der Waals surface area contributed by atoms with Crippen LogP contribution in [0.1, 0.15) is 35.7 Å². The number of hydrogen-bond donors (Lipinski definition) is 2. The van der Waals surface area contributed by atoms with Crippen molar-refractivity contribution in [3.8, 4) is 11.5 Å². The smallest absolute Gasteiger partial charge is 0.257 e. The highest BCUT2D eigenvalue weighted by molar-refractivity contribution is 6.10. The minimum absolute atomic E-state index is 0.0873. The Bertz CT molecular complexity index is 889. The average molecular weight is 395 g/mol. The molecule has 0 spiro atoms. The summed E-state index contributed by atoms with van der Waals surface area (Å²) in [5.74, 6) is 1.53. The zero-order valence-corrected chi connectivity index (χ0v) is 16.4. The highest BCUT2D eigenvalue weighted by atomic mass is 16.7. The van der Waals surface area contributed by atoms with E-state index in [1.165, 1.54) is 5.56 Å². The van der Waals surface area contributed by atoms with Crippen molar-refractivity contribution in [3.05, 3.63) is 53.6 Å². The normalized spacial score (nSPS) is 18.0. The number of amides is 1. The molecule has 4 rings (SSSR count). The van der Waals surface area contributed by atoms with Crippen LogP contribution in [0.25, 0.3) is 0 Å². The van der Waals surface area contributed by atoms with E-state index in [2.05, 4.69) is 22.5 Å². The van der Waals surface area contributed by atoms with Gasteiger partial charge in [-0.3, -0.25) is 10.1 Å². The number of ether oxygens (including phenoxy) is 3. The molecule has 2 heterocycles. The molecule has 29 heavy (non-hydrogen) atoms. The molecule has 0 aromatic heterocycles. The number of carbonyl (C=O) groups excluding carboxylic acids is 1. The van der Waals surface area contributed by atoms with Gasteiger partial charge in [0, 0.05) is 23.9 Å². The number of guanidine groups is 1. The van der Waals surface area contributed by atoms with E-state index < -0.39 is 0 Å². The van der Waals surface area contributed by atoms with Gasteiger partial charge in [0.15, 0.2) is 11.5 Å². The number of aliphatic imine (C=N–C) groups is 1. The highest BCUT2D eigenvalue weighted by Gasteiger charge is 2.17. The van der Waals surface area contributed by atoms with E-state index in [0.717, 1.165) is 31.6 Å². The monoisotopic (exact) mass is 395 g/mol. The van der Waals surface area contributed by atoms with Crippen molar-refractivity contribution in [1.29, 1.82) is 0 Å². The molecule has 1 saturated heterocycles. The maximum absolute atomic E-state index is 12.7. The lowest BCUT2D eigenvalue weighted by atomic mass is 10.1. The van der Waals surface area contributed by atoms with E-state index in [4.69, 9.17) is 14.2 Å². The Kier molecular flexibility index (Phi) is 5.95. The number of carbonyl (C=O) groups is 1. The first-order valence-corrected chi connectivity index (χ1v) is 9.94. The van der Waals surface area contributed by atoms with Crippen molar-refractivity contribution in [2.75, 3.05) is 25.3 Å². The third-order valence-electron chi connectivity index (χ3n) is 4.97. The van der Waals surface area contributed by atoms with Gasteiger partial charge < -0.3 is 19.5 Å². The zero-order valence-electron chi connectivity index (χ0n) is 16.4. The molecule has 2 aromatic rings. The summed E-state index contributed by atoms with van der Waals surface area (Å²) in [6.45, 7) is 3.55. The van der Waals surface area contributed by atoms with Crippen LogP contribution in [0.15, 0.2) is 47.5 Å². The van der Waals surface area contributed by atoms with Crippen molar-refractivity contribution < 1.29 is 19.0 Å². The number of nitrogens with one attached hydrogen (secondary N) is 2. The molecule has 7 nitrogen and oxygen atoms in total. The predicted molar refractivity (Wildman–Crippen MR) is 111 cm³/mol. The number of anilines is 1. The number of benzene rings is 2. The number of fused-ring (bicyclic) bond motifs is 1. The van der Waals surface area contributed by atoms with Gasteiger partial charge >= 0.3 is 0 Å². The van der Waals surface area contributed by atoms with Gasteiger partial charge in [-0.25, -0.2) is 4.99 Å².